The lowest BCUT2D eigenvalue weighted by Gasteiger charge is -2.32. The molecule has 94 valence electrons. The molecular weight excluding hydrogens is 218 g/mol. The Labute approximate surface area is 101 Å². The number of H-pyrrole nitrogens is 1. The topological polar surface area (TPSA) is 58.2 Å². The second kappa shape index (κ2) is 5.21. The maximum absolute atomic E-state index is 11.6. The summed E-state index contributed by atoms with van der Waals surface area (Å²) < 4.78 is 5.14. The molecule has 0 bridgehead atoms. The molecule has 2 rings (SSSR count). The molecule has 1 aliphatic rings. The number of aromatic amines is 1. The van der Waals surface area contributed by atoms with E-state index in [0.29, 0.717) is 11.6 Å². The molecule has 0 unspecified atom stereocenters. The third-order valence-corrected chi connectivity index (χ3v) is 3.38. The number of nitrogens with one attached hydrogen (secondary N) is 1. The van der Waals surface area contributed by atoms with Gasteiger partial charge in [-0.15, -0.1) is 0 Å². The molecule has 1 saturated carbocycles. The Balaban J connectivity index is 2.22. The minimum atomic E-state index is -0.218. The van der Waals surface area contributed by atoms with Crippen LogP contribution in [0.15, 0.2) is 11.1 Å². The van der Waals surface area contributed by atoms with Crippen molar-refractivity contribution in [1.82, 2.24) is 9.97 Å². The highest BCUT2D eigenvalue weighted by atomic mass is 16.5. The van der Waals surface area contributed by atoms with Gasteiger partial charge in [-0.05, 0) is 25.7 Å². The lowest BCUT2D eigenvalue weighted by atomic mass is 9.85. The van der Waals surface area contributed by atoms with Gasteiger partial charge in [-0.1, -0.05) is 6.42 Å². The van der Waals surface area contributed by atoms with Crippen molar-refractivity contribution < 1.29 is 4.74 Å². The van der Waals surface area contributed by atoms with Gasteiger partial charge in [-0.25, -0.2) is 4.98 Å². The Morgan fingerprint density at radius 2 is 2.35 bits per heavy atom. The standard InChI is InChI=1S/C12H19N3O2/c1-3-15(7-9-5-4-6-9)11-10(17-2)12(16)14-8-13-11/h8-9H,3-7H2,1-2H3,(H,13,14,16). The van der Waals surface area contributed by atoms with Crippen LogP contribution in [0.25, 0.3) is 0 Å². The number of anilines is 1. The zero-order valence-electron chi connectivity index (χ0n) is 10.4. The predicted octanol–water partition coefficient (Wildman–Crippen LogP) is 1.40. The largest absolute Gasteiger partial charge is 0.489 e. The Bertz CT molecular complexity index is 426. The lowest BCUT2D eigenvalue weighted by molar-refractivity contribution is 0.316. The van der Waals surface area contributed by atoms with Crippen molar-refractivity contribution in [2.75, 3.05) is 25.1 Å². The Hall–Kier alpha value is -1.52. The van der Waals surface area contributed by atoms with Crippen molar-refractivity contribution in [1.29, 1.82) is 0 Å². The van der Waals surface area contributed by atoms with Crippen molar-refractivity contribution in [2.24, 2.45) is 5.92 Å². The molecule has 5 nitrogen and oxygen atoms in total. The van der Waals surface area contributed by atoms with Gasteiger partial charge >= 0.3 is 0 Å². The molecule has 17 heavy (non-hydrogen) atoms. The van der Waals surface area contributed by atoms with Crippen LogP contribution >= 0.6 is 0 Å². The van der Waals surface area contributed by atoms with Gasteiger partial charge in [0.1, 0.15) is 0 Å². The summed E-state index contributed by atoms with van der Waals surface area (Å²) in [5, 5.41) is 0. The van der Waals surface area contributed by atoms with E-state index in [1.165, 1.54) is 32.7 Å². The van der Waals surface area contributed by atoms with Gasteiger partial charge < -0.3 is 14.6 Å². The third kappa shape index (κ3) is 2.43. The molecule has 1 aromatic rings. The number of ether oxygens (including phenoxy) is 1. The number of nitrogens with zero attached hydrogens (tertiary/aromatic N) is 2. The van der Waals surface area contributed by atoms with Crippen LogP contribution in [0.1, 0.15) is 26.2 Å². The van der Waals surface area contributed by atoms with E-state index in [1.807, 2.05) is 0 Å². The molecule has 0 amide bonds. The fourth-order valence-corrected chi connectivity index (χ4v) is 2.14. The molecule has 5 heteroatoms. The summed E-state index contributed by atoms with van der Waals surface area (Å²) in [6, 6.07) is 0. The van der Waals surface area contributed by atoms with Gasteiger partial charge in [0.15, 0.2) is 5.82 Å². The van der Waals surface area contributed by atoms with Crippen LogP contribution in [-0.4, -0.2) is 30.2 Å². The van der Waals surface area contributed by atoms with E-state index < -0.39 is 0 Å². The van der Waals surface area contributed by atoms with E-state index in [2.05, 4.69) is 21.8 Å². The second-order valence-electron chi connectivity index (χ2n) is 4.42. The molecule has 1 aliphatic carbocycles. The van der Waals surface area contributed by atoms with Crippen molar-refractivity contribution in [3.63, 3.8) is 0 Å². The van der Waals surface area contributed by atoms with Crippen LogP contribution in [-0.2, 0) is 0 Å². The van der Waals surface area contributed by atoms with Crippen molar-refractivity contribution >= 4 is 5.82 Å². The van der Waals surface area contributed by atoms with E-state index in [1.54, 1.807) is 0 Å². The summed E-state index contributed by atoms with van der Waals surface area (Å²) in [6.45, 7) is 3.87. The molecule has 0 aliphatic heterocycles. The highest BCUT2D eigenvalue weighted by Crippen LogP contribution is 2.30. The van der Waals surface area contributed by atoms with Gasteiger partial charge in [-0.3, -0.25) is 4.79 Å². The van der Waals surface area contributed by atoms with Crippen molar-refractivity contribution in [2.45, 2.75) is 26.2 Å². The smallest absolute Gasteiger partial charge is 0.295 e. The zero-order valence-corrected chi connectivity index (χ0v) is 10.4. The maximum Gasteiger partial charge on any atom is 0.295 e. The summed E-state index contributed by atoms with van der Waals surface area (Å²) in [5.74, 6) is 1.71. The monoisotopic (exact) mass is 237 g/mol. The number of aromatic nitrogens is 2. The highest BCUT2D eigenvalue weighted by Gasteiger charge is 2.23. The molecule has 0 spiro atoms. The van der Waals surface area contributed by atoms with Gasteiger partial charge in [0.25, 0.3) is 5.56 Å². The van der Waals surface area contributed by atoms with Gasteiger partial charge in [0, 0.05) is 13.1 Å². The molecule has 1 heterocycles. The molecule has 1 N–H and O–H groups in total. The van der Waals surface area contributed by atoms with Crippen molar-refractivity contribution in [3.05, 3.63) is 16.7 Å². The summed E-state index contributed by atoms with van der Waals surface area (Å²) in [4.78, 5) is 20.5. The van der Waals surface area contributed by atoms with E-state index in [0.717, 1.165) is 19.0 Å². The fourth-order valence-electron chi connectivity index (χ4n) is 2.14. The first-order chi connectivity index (χ1) is 8.26. The maximum atomic E-state index is 11.6. The van der Waals surface area contributed by atoms with E-state index in [-0.39, 0.29) is 5.56 Å². The molecule has 0 atom stereocenters. The Morgan fingerprint density at radius 3 is 2.88 bits per heavy atom. The molecule has 0 aromatic carbocycles. The summed E-state index contributed by atoms with van der Waals surface area (Å²) in [6.07, 6.45) is 5.32. The highest BCUT2D eigenvalue weighted by molar-refractivity contribution is 5.50. The lowest BCUT2D eigenvalue weighted by Crippen LogP contribution is -2.34. The molecule has 1 aromatic heterocycles. The summed E-state index contributed by atoms with van der Waals surface area (Å²) in [5.41, 5.74) is -0.218. The first-order valence-corrected chi connectivity index (χ1v) is 6.12. The van der Waals surface area contributed by atoms with E-state index in [9.17, 15) is 4.79 Å². The first-order valence-electron chi connectivity index (χ1n) is 6.12. The van der Waals surface area contributed by atoms with E-state index in [4.69, 9.17) is 4.74 Å². The zero-order chi connectivity index (χ0) is 12.3. The minimum Gasteiger partial charge on any atom is -0.489 e. The summed E-state index contributed by atoms with van der Waals surface area (Å²) >= 11 is 0. The van der Waals surface area contributed by atoms with Crippen LogP contribution < -0.4 is 15.2 Å². The van der Waals surface area contributed by atoms with Crippen LogP contribution in [0.2, 0.25) is 0 Å². The fraction of sp³-hybridized carbons (Fsp3) is 0.667. The van der Waals surface area contributed by atoms with Crippen LogP contribution in [0, 0.1) is 5.92 Å². The number of hydrogen-bond donors (Lipinski definition) is 1. The molecule has 1 fully saturated rings. The average molecular weight is 237 g/mol. The van der Waals surface area contributed by atoms with Gasteiger partial charge in [-0.2, -0.15) is 0 Å². The van der Waals surface area contributed by atoms with Gasteiger partial charge in [0.2, 0.25) is 5.75 Å². The average Bonchev–Trinajstić information content (AvgIpc) is 2.28. The Kier molecular flexibility index (Phi) is 3.66. The Morgan fingerprint density at radius 1 is 1.59 bits per heavy atom. The van der Waals surface area contributed by atoms with Crippen LogP contribution in [0.3, 0.4) is 0 Å². The quantitative estimate of drug-likeness (QED) is 0.841. The first kappa shape index (κ1) is 12.0. The van der Waals surface area contributed by atoms with Crippen LogP contribution in [0.4, 0.5) is 5.82 Å². The molecular formula is C12H19N3O2. The molecule has 0 saturated heterocycles. The third-order valence-electron chi connectivity index (χ3n) is 3.38. The van der Waals surface area contributed by atoms with Crippen LogP contribution in [0.5, 0.6) is 5.75 Å². The molecule has 0 radical (unpaired) electrons. The number of methoxy groups -OCH3 is 1. The van der Waals surface area contributed by atoms with E-state index >= 15 is 0 Å². The number of hydrogen-bond acceptors (Lipinski definition) is 4. The van der Waals surface area contributed by atoms with Gasteiger partial charge in [0.05, 0.1) is 13.4 Å². The summed E-state index contributed by atoms with van der Waals surface area (Å²) in [7, 11) is 1.51. The normalized spacial score (nSPS) is 15.4. The minimum absolute atomic E-state index is 0.218. The second-order valence-corrected chi connectivity index (χ2v) is 4.42. The predicted molar refractivity (Wildman–Crippen MR) is 66.6 cm³/mol. The SMILES string of the molecule is CCN(CC1CCC1)c1nc[nH]c(=O)c1OC. The number of rotatable bonds is 5. The van der Waals surface area contributed by atoms with Crippen molar-refractivity contribution in [3.8, 4) is 5.75 Å².